The summed E-state index contributed by atoms with van der Waals surface area (Å²) < 4.78 is 1.19. The van der Waals surface area contributed by atoms with Gasteiger partial charge >= 0.3 is 0 Å². The average Bonchev–Trinajstić information content (AvgIpc) is 2.90. The molecule has 0 aliphatic carbocycles. The lowest BCUT2D eigenvalue weighted by atomic mass is 10.1. The minimum Gasteiger partial charge on any atom is -0.236 e. The molecule has 0 unspecified atom stereocenters. The van der Waals surface area contributed by atoms with Crippen molar-refractivity contribution in [1.29, 1.82) is 0 Å². The first kappa shape index (κ1) is 12.7. The predicted molar refractivity (Wildman–Crippen MR) is 87.9 cm³/mol. The van der Waals surface area contributed by atoms with Gasteiger partial charge in [0, 0.05) is 10.9 Å². The Balaban J connectivity index is 1.93. The summed E-state index contributed by atoms with van der Waals surface area (Å²) in [6, 6.07) is 12.3. The summed E-state index contributed by atoms with van der Waals surface area (Å²) in [4.78, 5) is 12.9. The van der Waals surface area contributed by atoms with Gasteiger partial charge in [-0.05, 0) is 42.8 Å². The lowest BCUT2D eigenvalue weighted by molar-refractivity contribution is 1.22. The van der Waals surface area contributed by atoms with E-state index in [0.29, 0.717) is 5.15 Å². The fraction of sp³-hybridized carbons (Fsp3) is 0.0625. The van der Waals surface area contributed by atoms with Crippen molar-refractivity contribution in [2.24, 2.45) is 0 Å². The van der Waals surface area contributed by atoms with Crippen LogP contribution < -0.4 is 0 Å². The van der Waals surface area contributed by atoms with Crippen molar-refractivity contribution in [3.05, 3.63) is 53.4 Å². The van der Waals surface area contributed by atoms with E-state index >= 15 is 0 Å². The Morgan fingerprint density at radius 3 is 2.76 bits per heavy atom. The van der Waals surface area contributed by atoms with Crippen molar-refractivity contribution >= 4 is 44.1 Å². The highest BCUT2D eigenvalue weighted by molar-refractivity contribution is 7.21. The summed E-state index contributed by atoms with van der Waals surface area (Å²) in [5.41, 5.74) is 4.15. The number of aromatic nitrogens is 3. The molecular formula is C16H10ClN3S. The molecule has 4 rings (SSSR count). The van der Waals surface area contributed by atoms with E-state index in [4.69, 9.17) is 16.6 Å². The average molecular weight is 312 g/mol. The zero-order valence-corrected chi connectivity index (χ0v) is 12.7. The third kappa shape index (κ3) is 2.17. The Kier molecular flexibility index (Phi) is 2.87. The van der Waals surface area contributed by atoms with Crippen LogP contribution in [0.25, 0.3) is 31.7 Å². The van der Waals surface area contributed by atoms with E-state index in [2.05, 4.69) is 35.1 Å². The Labute approximate surface area is 130 Å². The fourth-order valence-corrected chi connectivity index (χ4v) is 3.57. The molecule has 0 N–H and O–H groups in total. The highest BCUT2D eigenvalue weighted by atomic mass is 35.5. The van der Waals surface area contributed by atoms with E-state index < -0.39 is 0 Å². The van der Waals surface area contributed by atoms with Crippen molar-refractivity contribution in [2.75, 3.05) is 0 Å². The van der Waals surface area contributed by atoms with Gasteiger partial charge in [-0.25, -0.2) is 15.0 Å². The van der Waals surface area contributed by atoms with Gasteiger partial charge in [-0.15, -0.1) is 11.3 Å². The maximum Gasteiger partial charge on any atom is 0.140 e. The normalized spacial score (nSPS) is 11.3. The summed E-state index contributed by atoms with van der Waals surface area (Å²) in [7, 11) is 0. The van der Waals surface area contributed by atoms with Crippen molar-refractivity contribution in [1.82, 2.24) is 15.0 Å². The van der Waals surface area contributed by atoms with Crippen molar-refractivity contribution in [3.8, 4) is 10.6 Å². The zero-order valence-electron chi connectivity index (χ0n) is 11.2. The quantitative estimate of drug-likeness (QED) is 0.471. The summed E-state index contributed by atoms with van der Waals surface area (Å²) in [6.07, 6.45) is 1.48. The standard InChI is InChI=1S/C16H10ClN3S/c1-9-2-4-13-14(6-9)21-16(20-13)10-3-5-12-11(7-10)15(17)19-8-18-12/h2-8H,1H3. The highest BCUT2D eigenvalue weighted by Crippen LogP contribution is 2.33. The van der Waals surface area contributed by atoms with Crippen molar-refractivity contribution < 1.29 is 0 Å². The number of fused-ring (bicyclic) bond motifs is 2. The molecule has 0 aliphatic rings. The third-order valence-corrected chi connectivity index (χ3v) is 4.75. The highest BCUT2D eigenvalue weighted by Gasteiger charge is 2.09. The van der Waals surface area contributed by atoms with Gasteiger partial charge in [-0.1, -0.05) is 17.7 Å². The topological polar surface area (TPSA) is 38.7 Å². The first-order valence-electron chi connectivity index (χ1n) is 6.48. The van der Waals surface area contributed by atoms with Crippen LogP contribution in [-0.4, -0.2) is 15.0 Å². The molecule has 0 aliphatic heterocycles. The molecule has 0 saturated carbocycles. The molecule has 0 amide bonds. The van der Waals surface area contributed by atoms with Crippen LogP contribution in [0.15, 0.2) is 42.7 Å². The molecule has 0 atom stereocenters. The number of rotatable bonds is 1. The van der Waals surface area contributed by atoms with Gasteiger partial charge in [0.15, 0.2) is 0 Å². The second-order valence-electron chi connectivity index (χ2n) is 4.89. The van der Waals surface area contributed by atoms with Crippen LogP contribution in [0.4, 0.5) is 0 Å². The lowest BCUT2D eigenvalue weighted by Crippen LogP contribution is -1.84. The first-order chi connectivity index (χ1) is 10.2. The van der Waals surface area contributed by atoms with Gasteiger partial charge < -0.3 is 0 Å². The molecule has 0 radical (unpaired) electrons. The largest absolute Gasteiger partial charge is 0.236 e. The summed E-state index contributed by atoms with van der Waals surface area (Å²) in [5, 5.41) is 2.31. The van der Waals surface area contributed by atoms with Crippen LogP contribution in [0, 0.1) is 6.92 Å². The maximum absolute atomic E-state index is 6.15. The van der Waals surface area contributed by atoms with Crippen LogP contribution >= 0.6 is 22.9 Å². The van der Waals surface area contributed by atoms with Crippen LogP contribution in [0.5, 0.6) is 0 Å². The smallest absolute Gasteiger partial charge is 0.140 e. The maximum atomic E-state index is 6.15. The van der Waals surface area contributed by atoms with Crippen molar-refractivity contribution in [3.63, 3.8) is 0 Å². The summed E-state index contributed by atoms with van der Waals surface area (Å²) in [6.45, 7) is 2.09. The Morgan fingerprint density at radius 1 is 1.00 bits per heavy atom. The summed E-state index contributed by atoms with van der Waals surface area (Å²) >= 11 is 7.83. The molecular weight excluding hydrogens is 302 g/mol. The number of thiazole rings is 1. The Morgan fingerprint density at radius 2 is 1.86 bits per heavy atom. The van der Waals surface area contributed by atoms with Crippen LogP contribution in [-0.2, 0) is 0 Å². The van der Waals surface area contributed by atoms with Gasteiger partial charge in [-0.3, -0.25) is 0 Å². The number of benzene rings is 2. The Bertz CT molecular complexity index is 978. The minimum absolute atomic E-state index is 0.471. The molecule has 0 spiro atoms. The molecule has 5 heteroatoms. The zero-order chi connectivity index (χ0) is 14.4. The van der Waals surface area contributed by atoms with Crippen LogP contribution in [0.3, 0.4) is 0 Å². The van der Waals surface area contributed by atoms with Gasteiger partial charge in [-0.2, -0.15) is 0 Å². The predicted octanol–water partition coefficient (Wildman–Crippen LogP) is 4.87. The van der Waals surface area contributed by atoms with Gasteiger partial charge in [0.2, 0.25) is 0 Å². The molecule has 0 saturated heterocycles. The molecule has 102 valence electrons. The molecule has 2 heterocycles. The molecule has 0 fully saturated rings. The second-order valence-corrected chi connectivity index (χ2v) is 6.28. The number of hydrogen-bond donors (Lipinski definition) is 0. The SMILES string of the molecule is Cc1ccc2nc(-c3ccc4ncnc(Cl)c4c3)sc2c1. The van der Waals surface area contributed by atoms with E-state index in [-0.39, 0.29) is 0 Å². The first-order valence-corrected chi connectivity index (χ1v) is 7.68. The van der Waals surface area contributed by atoms with E-state index in [9.17, 15) is 0 Å². The number of nitrogens with zero attached hydrogens (tertiary/aromatic N) is 3. The van der Waals surface area contributed by atoms with E-state index in [1.165, 1.54) is 16.6 Å². The van der Waals surface area contributed by atoms with Crippen LogP contribution in [0.2, 0.25) is 5.15 Å². The Hall–Kier alpha value is -2.04. The van der Waals surface area contributed by atoms with Crippen LogP contribution in [0.1, 0.15) is 5.56 Å². The molecule has 4 aromatic rings. The van der Waals surface area contributed by atoms with E-state index in [0.717, 1.165) is 27.0 Å². The van der Waals surface area contributed by atoms with Gasteiger partial charge in [0.25, 0.3) is 0 Å². The van der Waals surface area contributed by atoms with Crippen molar-refractivity contribution in [2.45, 2.75) is 6.92 Å². The lowest BCUT2D eigenvalue weighted by Gasteiger charge is -2.01. The molecule has 0 bridgehead atoms. The van der Waals surface area contributed by atoms with E-state index in [1.54, 1.807) is 11.3 Å². The number of hydrogen-bond acceptors (Lipinski definition) is 4. The minimum atomic E-state index is 0.471. The molecule has 21 heavy (non-hydrogen) atoms. The van der Waals surface area contributed by atoms with Gasteiger partial charge in [0.05, 0.1) is 15.7 Å². The fourth-order valence-electron chi connectivity index (χ4n) is 2.31. The third-order valence-electron chi connectivity index (χ3n) is 3.38. The molecule has 2 aromatic carbocycles. The molecule has 2 aromatic heterocycles. The number of aryl methyl sites for hydroxylation is 1. The molecule has 3 nitrogen and oxygen atoms in total. The van der Waals surface area contributed by atoms with E-state index in [1.807, 2.05) is 18.2 Å². The monoisotopic (exact) mass is 311 g/mol. The van der Waals surface area contributed by atoms with Gasteiger partial charge in [0.1, 0.15) is 16.5 Å². The number of halogens is 1. The summed E-state index contributed by atoms with van der Waals surface area (Å²) in [5.74, 6) is 0. The second kappa shape index (κ2) is 4.76.